The molecular weight excluding hydrogens is 302 g/mol. The van der Waals surface area contributed by atoms with Crippen LogP contribution in [-0.4, -0.2) is 30.4 Å². The van der Waals surface area contributed by atoms with Gasteiger partial charge in [-0.05, 0) is 31.4 Å². The fourth-order valence-corrected chi connectivity index (χ4v) is 4.97. The highest BCUT2D eigenvalue weighted by Crippen LogP contribution is 2.51. The molecule has 128 valence electrons. The standard InChI is InChI=1S/C20H25NO3/c1-12(22)14-7-4-8-15(11-14)20(23)21-18-16-9-10-24-19(16)17(18)13-5-2-3-6-13/h4,7-8,11,13,16-19H,2-3,5-6,9-10H2,1H3,(H,21,23)/t16-,17+,18+,19-/m0/s1. The molecule has 1 aromatic carbocycles. The average molecular weight is 327 g/mol. The molecule has 2 aliphatic carbocycles. The number of carbonyl (C=O) groups excluding carboxylic acids is 2. The van der Waals surface area contributed by atoms with Crippen molar-refractivity contribution in [3.8, 4) is 0 Å². The number of Topliss-reactive ketones (excluding diaryl/α,β-unsaturated/α-hetero) is 1. The van der Waals surface area contributed by atoms with Crippen LogP contribution in [0.5, 0.6) is 0 Å². The maximum absolute atomic E-state index is 12.7. The molecule has 2 saturated carbocycles. The minimum Gasteiger partial charge on any atom is -0.377 e. The van der Waals surface area contributed by atoms with E-state index < -0.39 is 0 Å². The van der Waals surface area contributed by atoms with Gasteiger partial charge >= 0.3 is 0 Å². The van der Waals surface area contributed by atoms with E-state index in [1.165, 1.54) is 32.6 Å². The maximum atomic E-state index is 12.7. The van der Waals surface area contributed by atoms with Crippen molar-refractivity contribution in [2.24, 2.45) is 17.8 Å². The van der Waals surface area contributed by atoms with Crippen LogP contribution in [0.15, 0.2) is 24.3 Å². The second-order valence-electron chi connectivity index (χ2n) is 7.55. The third-order valence-electron chi connectivity index (χ3n) is 6.21. The van der Waals surface area contributed by atoms with Crippen molar-refractivity contribution in [2.75, 3.05) is 6.61 Å². The molecule has 1 N–H and O–H groups in total. The lowest BCUT2D eigenvalue weighted by Crippen LogP contribution is -2.63. The molecule has 4 nitrogen and oxygen atoms in total. The third-order valence-corrected chi connectivity index (χ3v) is 6.21. The van der Waals surface area contributed by atoms with Crippen molar-refractivity contribution < 1.29 is 14.3 Å². The first-order valence-corrected chi connectivity index (χ1v) is 9.18. The first-order chi connectivity index (χ1) is 11.6. The Morgan fingerprint density at radius 1 is 1.12 bits per heavy atom. The molecule has 1 amide bonds. The van der Waals surface area contributed by atoms with Gasteiger partial charge in [-0.1, -0.05) is 37.8 Å². The lowest BCUT2D eigenvalue weighted by Gasteiger charge is -2.50. The van der Waals surface area contributed by atoms with Crippen LogP contribution in [0, 0.1) is 17.8 Å². The average Bonchev–Trinajstić information content (AvgIpc) is 3.23. The summed E-state index contributed by atoms with van der Waals surface area (Å²) in [5.74, 6) is 1.56. The molecule has 3 fully saturated rings. The smallest absolute Gasteiger partial charge is 0.251 e. The Morgan fingerprint density at radius 2 is 1.88 bits per heavy atom. The molecule has 1 heterocycles. The van der Waals surface area contributed by atoms with Crippen LogP contribution in [-0.2, 0) is 4.74 Å². The van der Waals surface area contributed by atoms with Crippen LogP contribution in [0.25, 0.3) is 0 Å². The molecule has 0 aromatic heterocycles. The molecule has 1 aliphatic heterocycles. The Labute approximate surface area is 143 Å². The first kappa shape index (κ1) is 15.8. The number of ketones is 1. The number of amides is 1. The molecule has 4 rings (SSSR count). The summed E-state index contributed by atoms with van der Waals surface area (Å²) in [6, 6.07) is 7.25. The Bertz CT molecular complexity index is 645. The van der Waals surface area contributed by atoms with Crippen molar-refractivity contribution in [1.82, 2.24) is 5.32 Å². The lowest BCUT2D eigenvalue weighted by molar-refractivity contribution is -0.0784. The van der Waals surface area contributed by atoms with Gasteiger partial charge in [0, 0.05) is 35.6 Å². The van der Waals surface area contributed by atoms with Crippen LogP contribution in [0.2, 0.25) is 0 Å². The summed E-state index contributed by atoms with van der Waals surface area (Å²) in [6.07, 6.45) is 6.54. The first-order valence-electron chi connectivity index (χ1n) is 9.18. The van der Waals surface area contributed by atoms with Crippen LogP contribution in [0.1, 0.15) is 59.7 Å². The van der Waals surface area contributed by atoms with Crippen molar-refractivity contribution in [3.63, 3.8) is 0 Å². The van der Waals surface area contributed by atoms with E-state index in [0.29, 0.717) is 35.0 Å². The number of ether oxygens (including phenoxy) is 1. The minimum absolute atomic E-state index is 0.0126. The molecule has 1 aromatic rings. The van der Waals surface area contributed by atoms with Crippen LogP contribution in [0.3, 0.4) is 0 Å². The molecule has 4 atom stereocenters. The highest BCUT2D eigenvalue weighted by molar-refractivity contribution is 5.99. The predicted molar refractivity (Wildman–Crippen MR) is 91.0 cm³/mol. The Balaban J connectivity index is 1.49. The summed E-state index contributed by atoms with van der Waals surface area (Å²) in [6.45, 7) is 2.35. The molecule has 0 spiro atoms. The van der Waals surface area contributed by atoms with Crippen molar-refractivity contribution in [2.45, 2.75) is 51.2 Å². The molecule has 3 aliphatic rings. The van der Waals surface area contributed by atoms with E-state index in [9.17, 15) is 9.59 Å². The van der Waals surface area contributed by atoms with E-state index >= 15 is 0 Å². The third kappa shape index (κ3) is 2.67. The summed E-state index contributed by atoms with van der Waals surface area (Å²) in [5.41, 5.74) is 1.17. The zero-order valence-electron chi connectivity index (χ0n) is 14.2. The van der Waals surface area contributed by atoms with E-state index in [-0.39, 0.29) is 17.7 Å². The molecule has 0 bridgehead atoms. The van der Waals surface area contributed by atoms with Gasteiger partial charge in [0.25, 0.3) is 5.91 Å². The fourth-order valence-electron chi connectivity index (χ4n) is 4.97. The summed E-state index contributed by atoms with van der Waals surface area (Å²) < 4.78 is 5.95. The second-order valence-corrected chi connectivity index (χ2v) is 7.55. The Morgan fingerprint density at radius 3 is 2.62 bits per heavy atom. The van der Waals surface area contributed by atoms with E-state index in [1.807, 2.05) is 0 Å². The maximum Gasteiger partial charge on any atom is 0.251 e. The van der Waals surface area contributed by atoms with Crippen molar-refractivity contribution >= 4 is 11.7 Å². The van der Waals surface area contributed by atoms with E-state index in [2.05, 4.69) is 5.32 Å². The lowest BCUT2D eigenvalue weighted by atomic mass is 9.61. The highest BCUT2D eigenvalue weighted by Gasteiger charge is 2.57. The number of nitrogens with one attached hydrogen (secondary N) is 1. The monoisotopic (exact) mass is 327 g/mol. The molecule has 1 saturated heterocycles. The largest absolute Gasteiger partial charge is 0.377 e. The summed E-state index contributed by atoms with van der Waals surface area (Å²) >= 11 is 0. The van der Waals surface area contributed by atoms with Gasteiger partial charge in [-0.15, -0.1) is 0 Å². The molecule has 24 heavy (non-hydrogen) atoms. The van der Waals surface area contributed by atoms with Gasteiger partial charge < -0.3 is 10.1 Å². The van der Waals surface area contributed by atoms with Gasteiger partial charge in [-0.2, -0.15) is 0 Å². The van der Waals surface area contributed by atoms with Gasteiger partial charge in [0.1, 0.15) is 0 Å². The minimum atomic E-state index is -0.0588. The van der Waals surface area contributed by atoms with E-state index in [1.54, 1.807) is 24.3 Å². The Hall–Kier alpha value is -1.68. The van der Waals surface area contributed by atoms with Gasteiger partial charge in [-0.25, -0.2) is 0 Å². The van der Waals surface area contributed by atoms with Gasteiger partial charge in [0.05, 0.1) is 6.10 Å². The molecule has 4 heteroatoms. The number of hydrogen-bond donors (Lipinski definition) is 1. The predicted octanol–water partition coefficient (Wildman–Crippen LogP) is 3.21. The van der Waals surface area contributed by atoms with Crippen LogP contribution < -0.4 is 5.32 Å². The number of fused-ring (bicyclic) bond motifs is 1. The molecule has 0 unspecified atom stereocenters. The Kier molecular flexibility index (Phi) is 4.17. The van der Waals surface area contributed by atoms with Crippen molar-refractivity contribution in [1.29, 1.82) is 0 Å². The normalized spacial score (nSPS) is 32.2. The summed E-state index contributed by atoms with van der Waals surface area (Å²) in [7, 11) is 0. The number of hydrogen-bond acceptors (Lipinski definition) is 3. The van der Waals surface area contributed by atoms with Gasteiger partial charge in [-0.3, -0.25) is 9.59 Å². The topological polar surface area (TPSA) is 55.4 Å². The summed E-state index contributed by atoms with van der Waals surface area (Å²) in [5, 5.41) is 3.27. The number of carbonyl (C=O) groups is 2. The van der Waals surface area contributed by atoms with Crippen molar-refractivity contribution in [3.05, 3.63) is 35.4 Å². The summed E-state index contributed by atoms with van der Waals surface area (Å²) in [4.78, 5) is 24.2. The van der Waals surface area contributed by atoms with Crippen LogP contribution >= 0.6 is 0 Å². The molecule has 0 radical (unpaired) electrons. The van der Waals surface area contributed by atoms with E-state index in [4.69, 9.17) is 4.74 Å². The zero-order valence-corrected chi connectivity index (χ0v) is 14.2. The number of rotatable bonds is 4. The fraction of sp³-hybridized carbons (Fsp3) is 0.600. The van der Waals surface area contributed by atoms with Gasteiger partial charge in [0.15, 0.2) is 5.78 Å². The zero-order chi connectivity index (χ0) is 16.7. The highest BCUT2D eigenvalue weighted by atomic mass is 16.5. The van der Waals surface area contributed by atoms with Gasteiger partial charge in [0.2, 0.25) is 0 Å². The second kappa shape index (κ2) is 6.32. The molecular formula is C20H25NO3. The van der Waals surface area contributed by atoms with E-state index in [0.717, 1.165) is 13.0 Å². The quantitative estimate of drug-likeness (QED) is 0.864. The van der Waals surface area contributed by atoms with Crippen LogP contribution in [0.4, 0.5) is 0 Å². The SMILES string of the molecule is CC(=O)c1cccc(C(=O)N[C@@H]2[C@@H]3CCO[C@@H]3[C@@H]2C2CCCC2)c1. The number of benzene rings is 1.